The van der Waals surface area contributed by atoms with Crippen molar-refractivity contribution in [2.45, 2.75) is 37.6 Å². The van der Waals surface area contributed by atoms with Gasteiger partial charge in [-0.2, -0.15) is 0 Å². The van der Waals surface area contributed by atoms with E-state index in [4.69, 9.17) is 10.2 Å². The van der Waals surface area contributed by atoms with E-state index in [2.05, 4.69) is 28.6 Å². The van der Waals surface area contributed by atoms with Crippen LogP contribution in [0.5, 0.6) is 0 Å². The smallest absolute Gasteiger partial charge is 0.317 e. The normalized spacial score (nSPS) is 13.3. The summed E-state index contributed by atoms with van der Waals surface area (Å²) in [5.41, 5.74) is 10.4. The summed E-state index contributed by atoms with van der Waals surface area (Å²) in [6, 6.07) is 17.4. The van der Waals surface area contributed by atoms with Crippen LogP contribution in [0.25, 0.3) is 11.3 Å². The van der Waals surface area contributed by atoms with Crippen molar-refractivity contribution in [1.82, 2.24) is 10.3 Å². The van der Waals surface area contributed by atoms with E-state index < -0.39 is 34.8 Å². The van der Waals surface area contributed by atoms with E-state index in [1.165, 1.54) is 24.1 Å². The number of anilines is 1. The Morgan fingerprint density at radius 2 is 1.74 bits per heavy atom. The third kappa shape index (κ3) is 9.47. The fraction of sp³-hybridized carbons (Fsp3) is 0.281. The molecule has 4 rings (SSSR count). The number of nitrogens with two attached hydrogens (primary N) is 1. The van der Waals surface area contributed by atoms with Gasteiger partial charge in [0.15, 0.2) is 12.2 Å². The van der Waals surface area contributed by atoms with Crippen molar-refractivity contribution in [2.75, 3.05) is 17.6 Å². The molecule has 43 heavy (non-hydrogen) atoms. The molecule has 11 heteroatoms. The van der Waals surface area contributed by atoms with Crippen LogP contribution in [-0.2, 0) is 29.0 Å². The zero-order valence-corrected chi connectivity index (χ0v) is 24.5. The van der Waals surface area contributed by atoms with Crippen LogP contribution in [-0.4, -0.2) is 45.6 Å². The van der Waals surface area contributed by atoms with Crippen LogP contribution in [0, 0.1) is 17.6 Å². The van der Waals surface area contributed by atoms with Crippen molar-refractivity contribution < 1.29 is 27.9 Å². The SMILES string of the molecule is CCc1cccc(CNC[C@H](C(N)Cc2cc(F)cc(F)c2)[C@H](SCC(=O)Nc2ccc(-c3cnco3)cc2)C(=O)O)c1. The van der Waals surface area contributed by atoms with Crippen molar-refractivity contribution in [2.24, 2.45) is 11.7 Å². The number of amides is 1. The molecule has 3 aromatic carbocycles. The third-order valence-corrected chi connectivity index (χ3v) is 8.30. The molecular weight excluding hydrogens is 574 g/mol. The van der Waals surface area contributed by atoms with Crippen molar-refractivity contribution >= 4 is 29.3 Å². The highest BCUT2D eigenvalue weighted by Gasteiger charge is 2.34. The summed E-state index contributed by atoms with van der Waals surface area (Å²) in [6.45, 7) is 2.76. The lowest BCUT2D eigenvalue weighted by atomic mass is 9.90. The zero-order valence-electron chi connectivity index (χ0n) is 23.6. The lowest BCUT2D eigenvalue weighted by molar-refractivity contribution is -0.137. The first-order valence-corrected chi connectivity index (χ1v) is 14.9. The van der Waals surface area contributed by atoms with Gasteiger partial charge < -0.3 is 25.9 Å². The number of nitrogens with zero attached hydrogens (tertiary/aromatic N) is 1. The Morgan fingerprint density at radius 1 is 1.02 bits per heavy atom. The molecule has 0 fully saturated rings. The van der Waals surface area contributed by atoms with Gasteiger partial charge in [-0.05, 0) is 65.9 Å². The number of aliphatic carboxylic acids is 1. The molecule has 0 saturated carbocycles. The van der Waals surface area contributed by atoms with E-state index in [1.54, 1.807) is 30.5 Å². The van der Waals surface area contributed by atoms with Gasteiger partial charge in [0.05, 0.1) is 11.9 Å². The summed E-state index contributed by atoms with van der Waals surface area (Å²) < 4.78 is 33.0. The van der Waals surface area contributed by atoms with Crippen LogP contribution in [0.2, 0.25) is 0 Å². The van der Waals surface area contributed by atoms with Crippen molar-refractivity contribution in [3.05, 3.63) is 108 Å². The Kier molecular flexibility index (Phi) is 11.4. The summed E-state index contributed by atoms with van der Waals surface area (Å²) in [6.07, 6.45) is 3.85. The number of carboxylic acids is 1. The molecule has 0 aliphatic heterocycles. The number of hydrogen-bond acceptors (Lipinski definition) is 7. The number of carbonyl (C=O) groups is 2. The number of rotatable bonds is 15. The van der Waals surface area contributed by atoms with Gasteiger partial charge in [0.2, 0.25) is 5.91 Å². The minimum Gasteiger partial charge on any atom is -0.480 e. The van der Waals surface area contributed by atoms with Crippen LogP contribution >= 0.6 is 11.8 Å². The highest BCUT2D eigenvalue weighted by atomic mass is 32.2. The molecule has 0 radical (unpaired) electrons. The predicted molar refractivity (Wildman–Crippen MR) is 164 cm³/mol. The Morgan fingerprint density at radius 3 is 2.40 bits per heavy atom. The first-order valence-electron chi connectivity index (χ1n) is 13.8. The average molecular weight is 609 g/mol. The lowest BCUT2D eigenvalue weighted by Crippen LogP contribution is -2.47. The van der Waals surface area contributed by atoms with Gasteiger partial charge in [-0.1, -0.05) is 31.2 Å². The molecule has 1 aromatic heterocycles. The Hall–Kier alpha value is -4.06. The fourth-order valence-corrected chi connectivity index (χ4v) is 5.89. The number of benzene rings is 3. The average Bonchev–Trinajstić information content (AvgIpc) is 3.51. The van der Waals surface area contributed by atoms with Gasteiger partial charge in [-0.3, -0.25) is 9.59 Å². The summed E-state index contributed by atoms with van der Waals surface area (Å²) in [7, 11) is 0. The lowest BCUT2D eigenvalue weighted by Gasteiger charge is -2.29. The Bertz CT molecular complexity index is 1480. The number of carboxylic acid groups (broad SMARTS) is 1. The van der Waals surface area contributed by atoms with Gasteiger partial charge in [0.1, 0.15) is 16.9 Å². The molecule has 0 spiro atoms. The molecule has 5 N–H and O–H groups in total. The molecule has 1 unspecified atom stereocenters. The highest BCUT2D eigenvalue weighted by Crippen LogP contribution is 2.26. The molecule has 0 aliphatic rings. The van der Waals surface area contributed by atoms with Gasteiger partial charge in [0, 0.05) is 42.4 Å². The van der Waals surface area contributed by atoms with E-state index >= 15 is 0 Å². The quantitative estimate of drug-likeness (QED) is 0.143. The van der Waals surface area contributed by atoms with E-state index in [-0.39, 0.29) is 24.6 Å². The van der Waals surface area contributed by atoms with Crippen LogP contribution in [0.15, 0.2) is 83.7 Å². The first kappa shape index (κ1) is 31.9. The molecule has 1 amide bonds. The van der Waals surface area contributed by atoms with Crippen LogP contribution in [0.3, 0.4) is 0 Å². The maximum absolute atomic E-state index is 13.9. The van der Waals surface area contributed by atoms with Crippen LogP contribution in [0.1, 0.15) is 23.6 Å². The Balaban J connectivity index is 1.43. The second-order valence-corrected chi connectivity index (χ2v) is 11.3. The van der Waals surface area contributed by atoms with Crippen molar-refractivity contribution in [3.8, 4) is 11.3 Å². The predicted octanol–water partition coefficient (Wildman–Crippen LogP) is 5.28. The van der Waals surface area contributed by atoms with Gasteiger partial charge in [-0.15, -0.1) is 11.8 Å². The van der Waals surface area contributed by atoms with Crippen LogP contribution in [0.4, 0.5) is 14.5 Å². The summed E-state index contributed by atoms with van der Waals surface area (Å²) in [5.74, 6) is -3.20. The van der Waals surface area contributed by atoms with Crippen molar-refractivity contribution in [3.63, 3.8) is 0 Å². The Labute approximate surface area is 253 Å². The van der Waals surface area contributed by atoms with Crippen LogP contribution < -0.4 is 16.4 Å². The standard InChI is InChI=1S/C32H34F2N4O4S/c1-2-20-4-3-5-21(10-20)15-36-16-27(28(35)13-22-11-24(33)14-25(34)12-22)31(32(40)41)43-18-30(39)38-26-8-6-23(7-9-26)29-17-37-19-42-29/h3-12,14,17,19,27-28,31,36H,2,13,15-16,18,35H2,1H3,(H,38,39)(H,40,41)/t27-,28?,31+/m1/s1. The topological polar surface area (TPSA) is 130 Å². The van der Waals surface area contributed by atoms with Gasteiger partial charge in [-0.25, -0.2) is 13.8 Å². The molecule has 8 nitrogen and oxygen atoms in total. The van der Waals surface area contributed by atoms with E-state index in [1.807, 2.05) is 18.2 Å². The molecular formula is C32H34F2N4O4S. The molecule has 3 atom stereocenters. The summed E-state index contributed by atoms with van der Waals surface area (Å²) in [5, 5.41) is 15.2. The molecule has 4 aromatic rings. The first-order chi connectivity index (χ1) is 20.7. The molecule has 0 saturated heterocycles. The maximum Gasteiger partial charge on any atom is 0.317 e. The van der Waals surface area contributed by atoms with Gasteiger partial charge in [0.25, 0.3) is 0 Å². The number of aromatic nitrogens is 1. The van der Waals surface area contributed by atoms with E-state index in [0.29, 0.717) is 23.6 Å². The van der Waals surface area contributed by atoms with E-state index in [9.17, 15) is 23.5 Å². The molecule has 1 heterocycles. The summed E-state index contributed by atoms with van der Waals surface area (Å²) >= 11 is 0.961. The minimum atomic E-state index is -1.13. The van der Waals surface area contributed by atoms with Crippen molar-refractivity contribution in [1.29, 1.82) is 0 Å². The number of halogens is 2. The number of aryl methyl sites for hydroxylation is 1. The van der Waals surface area contributed by atoms with E-state index in [0.717, 1.165) is 35.4 Å². The fourth-order valence-electron chi connectivity index (χ4n) is 4.79. The summed E-state index contributed by atoms with van der Waals surface area (Å²) in [4.78, 5) is 29.1. The number of nitrogens with one attached hydrogen (secondary N) is 2. The monoisotopic (exact) mass is 608 g/mol. The number of thioether (sulfide) groups is 1. The third-order valence-electron chi connectivity index (χ3n) is 6.96. The molecule has 0 aliphatic carbocycles. The number of hydrogen-bond donors (Lipinski definition) is 4. The largest absolute Gasteiger partial charge is 0.480 e. The number of oxazole rings is 1. The number of carbonyl (C=O) groups excluding carboxylic acids is 1. The second-order valence-electron chi connectivity index (χ2n) is 10.2. The maximum atomic E-state index is 13.9. The molecule has 226 valence electrons. The van der Waals surface area contributed by atoms with Gasteiger partial charge >= 0.3 is 5.97 Å². The zero-order chi connectivity index (χ0) is 30.8. The second kappa shape index (κ2) is 15.4. The highest BCUT2D eigenvalue weighted by molar-refractivity contribution is 8.01. The molecule has 0 bridgehead atoms. The minimum absolute atomic E-state index is 0.0560.